The molecule has 2 unspecified atom stereocenters. The smallest absolute Gasteiger partial charge is 0.0963 e. The molecule has 88 valence electrons. The van der Waals surface area contributed by atoms with E-state index in [1.54, 1.807) is 12.5 Å². The van der Waals surface area contributed by atoms with Crippen LogP contribution in [0.5, 0.6) is 0 Å². The zero-order valence-electron chi connectivity index (χ0n) is 9.43. The Morgan fingerprint density at radius 3 is 2.62 bits per heavy atom. The highest BCUT2D eigenvalue weighted by Crippen LogP contribution is 2.40. The molecule has 1 aromatic heterocycles. The minimum atomic E-state index is -0.737. The molecule has 4 nitrogen and oxygen atoms in total. The van der Waals surface area contributed by atoms with Crippen LogP contribution in [0, 0.1) is 0 Å². The van der Waals surface area contributed by atoms with E-state index in [1.165, 1.54) is 0 Å². The van der Waals surface area contributed by atoms with Crippen molar-refractivity contribution in [2.75, 3.05) is 20.3 Å². The molecule has 2 aliphatic heterocycles. The SMILES string of the molecule is CN1C2COCC1CC(O)(c1ccoc1)C2. The average Bonchev–Trinajstić information content (AvgIpc) is 2.74. The van der Waals surface area contributed by atoms with Gasteiger partial charge in [0.05, 0.1) is 31.3 Å². The number of hydrogen-bond donors (Lipinski definition) is 1. The van der Waals surface area contributed by atoms with E-state index in [0.29, 0.717) is 25.3 Å². The summed E-state index contributed by atoms with van der Waals surface area (Å²) in [5, 5.41) is 10.7. The third-order valence-electron chi connectivity index (χ3n) is 3.98. The van der Waals surface area contributed by atoms with E-state index in [-0.39, 0.29) is 0 Å². The second kappa shape index (κ2) is 3.58. The fraction of sp³-hybridized carbons (Fsp3) is 0.667. The van der Waals surface area contributed by atoms with Crippen LogP contribution in [0.1, 0.15) is 18.4 Å². The maximum Gasteiger partial charge on any atom is 0.0963 e. The molecule has 0 saturated carbocycles. The first kappa shape index (κ1) is 10.3. The number of hydrogen-bond acceptors (Lipinski definition) is 4. The maximum absolute atomic E-state index is 10.7. The maximum atomic E-state index is 10.7. The number of aliphatic hydroxyl groups is 1. The van der Waals surface area contributed by atoms with Gasteiger partial charge in [-0.3, -0.25) is 4.90 Å². The number of likely N-dealkylation sites (N-methyl/N-ethyl adjacent to an activating group) is 1. The highest BCUT2D eigenvalue weighted by atomic mass is 16.5. The largest absolute Gasteiger partial charge is 0.472 e. The lowest BCUT2D eigenvalue weighted by molar-refractivity contribution is -0.137. The van der Waals surface area contributed by atoms with E-state index in [9.17, 15) is 5.11 Å². The first-order valence-corrected chi connectivity index (χ1v) is 5.74. The number of nitrogens with zero attached hydrogens (tertiary/aromatic N) is 1. The Labute approximate surface area is 94.8 Å². The Kier molecular flexibility index (Phi) is 2.31. The molecule has 0 aromatic carbocycles. The zero-order chi connectivity index (χ0) is 11.2. The normalized spacial score (nSPS) is 39.9. The van der Waals surface area contributed by atoms with Crippen molar-refractivity contribution < 1.29 is 14.3 Å². The molecule has 0 amide bonds. The summed E-state index contributed by atoms with van der Waals surface area (Å²) in [6, 6.07) is 2.49. The van der Waals surface area contributed by atoms with Gasteiger partial charge in [-0.05, 0) is 26.0 Å². The van der Waals surface area contributed by atoms with E-state index in [0.717, 1.165) is 18.4 Å². The van der Waals surface area contributed by atoms with Crippen LogP contribution in [-0.4, -0.2) is 42.4 Å². The summed E-state index contributed by atoms with van der Waals surface area (Å²) < 4.78 is 10.6. The number of piperidine rings is 1. The van der Waals surface area contributed by atoms with Crippen LogP contribution < -0.4 is 0 Å². The van der Waals surface area contributed by atoms with Gasteiger partial charge in [-0.25, -0.2) is 0 Å². The molecule has 4 heteroatoms. The highest BCUT2D eigenvalue weighted by molar-refractivity contribution is 5.19. The van der Waals surface area contributed by atoms with Gasteiger partial charge in [-0.2, -0.15) is 0 Å². The van der Waals surface area contributed by atoms with Crippen molar-refractivity contribution in [3.63, 3.8) is 0 Å². The zero-order valence-corrected chi connectivity index (χ0v) is 9.43. The van der Waals surface area contributed by atoms with Gasteiger partial charge in [0.2, 0.25) is 0 Å². The Bertz CT molecular complexity index is 348. The second-order valence-corrected chi connectivity index (χ2v) is 4.96. The summed E-state index contributed by atoms with van der Waals surface area (Å²) in [7, 11) is 2.12. The number of fused-ring (bicyclic) bond motifs is 2. The quantitative estimate of drug-likeness (QED) is 0.770. The third-order valence-corrected chi connectivity index (χ3v) is 3.98. The molecular weight excluding hydrogens is 206 g/mol. The van der Waals surface area contributed by atoms with Crippen molar-refractivity contribution in [1.82, 2.24) is 4.90 Å². The summed E-state index contributed by atoms with van der Waals surface area (Å²) >= 11 is 0. The molecule has 2 atom stereocenters. The van der Waals surface area contributed by atoms with Crippen LogP contribution in [0.3, 0.4) is 0 Å². The number of ether oxygens (including phenoxy) is 1. The van der Waals surface area contributed by atoms with Gasteiger partial charge in [0.25, 0.3) is 0 Å². The minimum Gasteiger partial charge on any atom is -0.472 e. The van der Waals surface area contributed by atoms with Crippen molar-refractivity contribution in [3.05, 3.63) is 24.2 Å². The predicted molar refractivity (Wildman–Crippen MR) is 58.0 cm³/mol. The van der Waals surface area contributed by atoms with Crippen LogP contribution >= 0.6 is 0 Å². The van der Waals surface area contributed by atoms with Crippen LogP contribution in [0.15, 0.2) is 23.0 Å². The van der Waals surface area contributed by atoms with Gasteiger partial charge in [-0.1, -0.05) is 0 Å². The van der Waals surface area contributed by atoms with Crippen LogP contribution in [0.4, 0.5) is 0 Å². The molecule has 3 rings (SSSR count). The lowest BCUT2D eigenvalue weighted by atomic mass is 9.78. The van der Waals surface area contributed by atoms with Crippen molar-refractivity contribution in [2.45, 2.75) is 30.5 Å². The lowest BCUT2D eigenvalue weighted by Crippen LogP contribution is -2.59. The first-order valence-electron chi connectivity index (χ1n) is 5.74. The molecule has 0 radical (unpaired) electrons. The van der Waals surface area contributed by atoms with Gasteiger partial charge in [0, 0.05) is 17.6 Å². The van der Waals surface area contributed by atoms with E-state index in [2.05, 4.69) is 11.9 Å². The molecule has 2 fully saturated rings. The lowest BCUT2D eigenvalue weighted by Gasteiger charge is -2.50. The van der Waals surface area contributed by atoms with Crippen molar-refractivity contribution in [2.24, 2.45) is 0 Å². The molecule has 16 heavy (non-hydrogen) atoms. The summed E-state index contributed by atoms with van der Waals surface area (Å²) in [6.45, 7) is 1.43. The van der Waals surface area contributed by atoms with E-state index in [1.807, 2.05) is 6.07 Å². The van der Waals surface area contributed by atoms with Crippen molar-refractivity contribution >= 4 is 0 Å². The highest BCUT2D eigenvalue weighted by Gasteiger charge is 2.45. The molecular formula is C12H17NO3. The standard InChI is InChI=1S/C12H17NO3/c1-13-10-4-12(14,9-2-3-15-6-9)5-11(13)8-16-7-10/h2-3,6,10-11,14H,4-5,7-8H2,1H3. The molecule has 2 aliphatic rings. The fourth-order valence-corrected chi connectivity index (χ4v) is 2.91. The number of furan rings is 1. The third kappa shape index (κ3) is 1.49. The van der Waals surface area contributed by atoms with Gasteiger partial charge in [0.15, 0.2) is 0 Å². The van der Waals surface area contributed by atoms with E-state index < -0.39 is 5.60 Å². The number of rotatable bonds is 1. The molecule has 2 saturated heterocycles. The summed E-state index contributed by atoms with van der Waals surface area (Å²) in [4.78, 5) is 2.33. The summed E-state index contributed by atoms with van der Waals surface area (Å²) in [6.07, 6.45) is 4.72. The monoisotopic (exact) mass is 223 g/mol. The van der Waals surface area contributed by atoms with Gasteiger partial charge in [-0.15, -0.1) is 0 Å². The van der Waals surface area contributed by atoms with Crippen LogP contribution in [-0.2, 0) is 10.3 Å². The van der Waals surface area contributed by atoms with Crippen molar-refractivity contribution in [1.29, 1.82) is 0 Å². The topological polar surface area (TPSA) is 45.8 Å². The number of morpholine rings is 1. The molecule has 0 aliphatic carbocycles. The molecule has 1 N–H and O–H groups in total. The first-order chi connectivity index (χ1) is 7.69. The van der Waals surface area contributed by atoms with E-state index >= 15 is 0 Å². The minimum absolute atomic E-state index is 0.312. The summed E-state index contributed by atoms with van der Waals surface area (Å²) in [5.74, 6) is 0. The van der Waals surface area contributed by atoms with E-state index in [4.69, 9.17) is 9.15 Å². The Morgan fingerprint density at radius 2 is 2.06 bits per heavy atom. The van der Waals surface area contributed by atoms with Gasteiger partial charge in [0.1, 0.15) is 0 Å². The molecule has 3 heterocycles. The molecule has 0 spiro atoms. The van der Waals surface area contributed by atoms with Crippen molar-refractivity contribution in [3.8, 4) is 0 Å². The Morgan fingerprint density at radius 1 is 1.38 bits per heavy atom. The van der Waals surface area contributed by atoms with Crippen LogP contribution in [0.2, 0.25) is 0 Å². The molecule has 2 bridgehead atoms. The second-order valence-electron chi connectivity index (χ2n) is 4.96. The molecule has 1 aromatic rings. The van der Waals surface area contributed by atoms with Gasteiger partial charge < -0.3 is 14.3 Å². The van der Waals surface area contributed by atoms with Gasteiger partial charge >= 0.3 is 0 Å². The summed E-state index contributed by atoms with van der Waals surface area (Å²) in [5.41, 5.74) is 0.163. The predicted octanol–water partition coefficient (Wildman–Crippen LogP) is 0.960. The fourth-order valence-electron chi connectivity index (χ4n) is 2.91. The van der Waals surface area contributed by atoms with Crippen LogP contribution in [0.25, 0.3) is 0 Å². The average molecular weight is 223 g/mol. The Hall–Kier alpha value is -0.840. The Balaban J connectivity index is 1.89.